The SMILES string of the molecule is Cc1c(Cl)cccc1N(CC(=O)Nc1ccccc1C(=O)N1CCCCCC1)S(C)(=O)=O. The van der Waals surface area contributed by atoms with Gasteiger partial charge in [0.1, 0.15) is 6.54 Å². The van der Waals surface area contributed by atoms with Gasteiger partial charge in [-0.15, -0.1) is 0 Å². The predicted octanol–water partition coefficient (Wildman–Crippen LogP) is 4.07. The highest BCUT2D eigenvalue weighted by Gasteiger charge is 2.25. The number of sulfonamides is 1. The number of halogens is 1. The minimum atomic E-state index is -3.75. The third-order valence-corrected chi connectivity index (χ3v) is 7.06. The number of carbonyl (C=O) groups excluding carboxylic acids is 2. The molecule has 7 nitrogen and oxygen atoms in total. The summed E-state index contributed by atoms with van der Waals surface area (Å²) in [6.07, 6.45) is 5.17. The fourth-order valence-corrected chi connectivity index (χ4v) is 4.87. The smallest absolute Gasteiger partial charge is 0.255 e. The summed E-state index contributed by atoms with van der Waals surface area (Å²) in [6, 6.07) is 11.7. The molecular weight excluding hydrogens is 450 g/mol. The summed E-state index contributed by atoms with van der Waals surface area (Å²) in [5.74, 6) is -0.681. The molecule has 3 rings (SSSR count). The first-order valence-corrected chi connectivity index (χ1v) is 12.8. The molecule has 0 unspecified atom stereocenters. The third kappa shape index (κ3) is 5.81. The quantitative estimate of drug-likeness (QED) is 0.679. The molecule has 2 amide bonds. The Morgan fingerprint density at radius 1 is 1.03 bits per heavy atom. The molecular formula is C23H28ClN3O4S. The van der Waals surface area contributed by atoms with Crippen molar-refractivity contribution in [2.24, 2.45) is 0 Å². The van der Waals surface area contributed by atoms with Gasteiger partial charge in [0.05, 0.1) is 23.2 Å². The van der Waals surface area contributed by atoms with Crippen LogP contribution in [0.3, 0.4) is 0 Å². The van der Waals surface area contributed by atoms with E-state index in [1.165, 1.54) is 0 Å². The molecule has 0 atom stereocenters. The molecule has 0 spiro atoms. The Balaban J connectivity index is 1.82. The van der Waals surface area contributed by atoms with Crippen LogP contribution >= 0.6 is 11.6 Å². The van der Waals surface area contributed by atoms with Crippen LogP contribution in [0.5, 0.6) is 0 Å². The number of likely N-dealkylation sites (tertiary alicyclic amines) is 1. The summed E-state index contributed by atoms with van der Waals surface area (Å²) in [6.45, 7) is 2.64. The van der Waals surface area contributed by atoms with E-state index in [0.717, 1.165) is 36.2 Å². The maximum Gasteiger partial charge on any atom is 0.255 e. The standard InChI is InChI=1S/C23H28ClN3O4S/c1-17-19(24)11-9-13-21(17)27(32(2,30)31)16-22(28)25-20-12-6-5-10-18(20)23(29)26-14-7-3-4-8-15-26/h5-6,9-13H,3-4,7-8,14-16H2,1-2H3,(H,25,28). The lowest BCUT2D eigenvalue weighted by atomic mass is 10.1. The molecule has 2 aromatic rings. The minimum absolute atomic E-state index is 0.131. The number of benzene rings is 2. The molecule has 1 aliphatic rings. The van der Waals surface area contributed by atoms with E-state index in [1.807, 2.05) is 4.90 Å². The molecule has 2 aromatic carbocycles. The highest BCUT2D eigenvalue weighted by molar-refractivity contribution is 7.92. The van der Waals surface area contributed by atoms with Gasteiger partial charge in [0, 0.05) is 18.1 Å². The molecule has 172 valence electrons. The number of carbonyl (C=O) groups is 2. The van der Waals surface area contributed by atoms with Crippen LogP contribution < -0.4 is 9.62 Å². The number of para-hydroxylation sites is 1. The number of nitrogens with zero attached hydrogens (tertiary/aromatic N) is 2. The normalized spacial score (nSPS) is 14.5. The van der Waals surface area contributed by atoms with Crippen LogP contribution in [0.1, 0.15) is 41.6 Å². The molecule has 0 saturated carbocycles. The first-order valence-electron chi connectivity index (χ1n) is 10.6. The number of nitrogens with one attached hydrogen (secondary N) is 1. The lowest BCUT2D eigenvalue weighted by Gasteiger charge is -2.25. The van der Waals surface area contributed by atoms with Crippen LogP contribution in [0.2, 0.25) is 5.02 Å². The molecule has 1 aliphatic heterocycles. The van der Waals surface area contributed by atoms with E-state index < -0.39 is 22.5 Å². The van der Waals surface area contributed by atoms with Crippen molar-refractivity contribution >= 4 is 44.8 Å². The highest BCUT2D eigenvalue weighted by Crippen LogP contribution is 2.28. The second-order valence-corrected chi connectivity index (χ2v) is 10.3. The van der Waals surface area contributed by atoms with Gasteiger partial charge in [-0.05, 0) is 49.6 Å². The predicted molar refractivity (Wildman–Crippen MR) is 128 cm³/mol. The summed E-state index contributed by atoms with van der Waals surface area (Å²) in [5, 5.41) is 3.13. The average Bonchev–Trinajstić information content (AvgIpc) is 3.03. The van der Waals surface area contributed by atoms with Crippen molar-refractivity contribution in [3.8, 4) is 0 Å². The first kappa shape index (κ1) is 24.1. The number of anilines is 2. The van der Waals surface area contributed by atoms with Gasteiger partial charge in [0.15, 0.2) is 0 Å². The summed E-state index contributed by atoms with van der Waals surface area (Å²) < 4.78 is 25.9. The van der Waals surface area contributed by atoms with Crippen molar-refractivity contribution in [2.45, 2.75) is 32.6 Å². The van der Waals surface area contributed by atoms with E-state index in [-0.39, 0.29) is 5.91 Å². The molecule has 0 aliphatic carbocycles. The number of amides is 2. The Hall–Kier alpha value is -2.58. The van der Waals surface area contributed by atoms with Gasteiger partial charge in [-0.1, -0.05) is 42.6 Å². The Morgan fingerprint density at radius 3 is 2.34 bits per heavy atom. The van der Waals surface area contributed by atoms with E-state index >= 15 is 0 Å². The summed E-state index contributed by atoms with van der Waals surface area (Å²) >= 11 is 6.15. The lowest BCUT2D eigenvalue weighted by molar-refractivity contribution is -0.114. The van der Waals surface area contributed by atoms with Gasteiger partial charge in [-0.2, -0.15) is 0 Å². The van der Waals surface area contributed by atoms with Crippen molar-refractivity contribution in [2.75, 3.05) is 35.5 Å². The van der Waals surface area contributed by atoms with Gasteiger partial charge in [0.25, 0.3) is 5.91 Å². The molecule has 9 heteroatoms. The third-order valence-electron chi connectivity index (χ3n) is 5.52. The monoisotopic (exact) mass is 477 g/mol. The summed E-state index contributed by atoms with van der Waals surface area (Å²) in [5.41, 5.74) is 1.66. The Bertz CT molecular complexity index is 1100. The van der Waals surface area contributed by atoms with Crippen molar-refractivity contribution in [3.05, 3.63) is 58.6 Å². The second-order valence-electron chi connectivity index (χ2n) is 7.95. The zero-order valence-corrected chi connectivity index (χ0v) is 19.9. The topological polar surface area (TPSA) is 86.8 Å². The molecule has 0 bridgehead atoms. The van der Waals surface area contributed by atoms with E-state index in [2.05, 4.69) is 5.32 Å². The summed E-state index contributed by atoms with van der Waals surface area (Å²) in [7, 11) is -3.75. The maximum atomic E-state index is 13.1. The zero-order chi connectivity index (χ0) is 23.3. The van der Waals surface area contributed by atoms with Crippen LogP contribution in [-0.4, -0.2) is 51.0 Å². The molecule has 1 N–H and O–H groups in total. The first-order chi connectivity index (χ1) is 15.2. The molecule has 1 fully saturated rings. The molecule has 1 heterocycles. The Labute approximate surface area is 194 Å². The lowest BCUT2D eigenvalue weighted by Crippen LogP contribution is -2.38. The van der Waals surface area contributed by atoms with E-state index in [9.17, 15) is 18.0 Å². The van der Waals surface area contributed by atoms with Crippen LogP contribution in [0.4, 0.5) is 11.4 Å². The van der Waals surface area contributed by atoms with E-state index in [0.29, 0.717) is 40.6 Å². The molecule has 0 aromatic heterocycles. The van der Waals surface area contributed by atoms with E-state index in [4.69, 9.17) is 11.6 Å². The van der Waals surface area contributed by atoms with E-state index in [1.54, 1.807) is 49.4 Å². The van der Waals surface area contributed by atoms with Crippen molar-refractivity contribution in [1.29, 1.82) is 0 Å². The van der Waals surface area contributed by atoms with Crippen LogP contribution in [0.25, 0.3) is 0 Å². The summed E-state index contributed by atoms with van der Waals surface area (Å²) in [4.78, 5) is 27.8. The second kappa shape index (κ2) is 10.4. The fraction of sp³-hybridized carbons (Fsp3) is 0.391. The molecule has 32 heavy (non-hydrogen) atoms. The minimum Gasteiger partial charge on any atom is -0.339 e. The van der Waals surface area contributed by atoms with Gasteiger partial charge >= 0.3 is 0 Å². The van der Waals surface area contributed by atoms with Gasteiger partial charge in [-0.25, -0.2) is 8.42 Å². The van der Waals surface area contributed by atoms with Gasteiger partial charge < -0.3 is 10.2 Å². The molecule has 0 radical (unpaired) electrons. The Kier molecular flexibility index (Phi) is 7.79. The van der Waals surface area contributed by atoms with Gasteiger partial charge in [-0.3, -0.25) is 13.9 Å². The molecule has 1 saturated heterocycles. The fourth-order valence-electron chi connectivity index (χ4n) is 3.79. The van der Waals surface area contributed by atoms with Crippen molar-refractivity contribution in [3.63, 3.8) is 0 Å². The highest BCUT2D eigenvalue weighted by atomic mass is 35.5. The van der Waals surface area contributed by atoms with Crippen LogP contribution in [0, 0.1) is 6.92 Å². The van der Waals surface area contributed by atoms with Gasteiger partial charge in [0.2, 0.25) is 15.9 Å². The Morgan fingerprint density at radius 2 is 1.69 bits per heavy atom. The largest absolute Gasteiger partial charge is 0.339 e. The maximum absolute atomic E-state index is 13.1. The number of hydrogen-bond acceptors (Lipinski definition) is 4. The number of hydrogen-bond donors (Lipinski definition) is 1. The van der Waals surface area contributed by atoms with Crippen molar-refractivity contribution in [1.82, 2.24) is 4.90 Å². The van der Waals surface area contributed by atoms with Crippen molar-refractivity contribution < 1.29 is 18.0 Å². The van der Waals surface area contributed by atoms with Crippen LogP contribution in [0.15, 0.2) is 42.5 Å². The van der Waals surface area contributed by atoms with Crippen LogP contribution in [-0.2, 0) is 14.8 Å². The number of rotatable bonds is 6. The average molecular weight is 478 g/mol. The zero-order valence-electron chi connectivity index (χ0n) is 18.3.